The average Bonchev–Trinajstić information content (AvgIpc) is 3.13. The molecule has 2 N–H and O–H groups in total. The predicted octanol–water partition coefficient (Wildman–Crippen LogP) is 7.47. The largest absolute Gasteiger partial charge is 0.399 e. The van der Waals surface area contributed by atoms with Crippen molar-refractivity contribution < 1.29 is 0 Å². The summed E-state index contributed by atoms with van der Waals surface area (Å²) in [6.45, 7) is 2.15. The van der Waals surface area contributed by atoms with E-state index in [1.54, 1.807) is 0 Å². The van der Waals surface area contributed by atoms with E-state index in [0.29, 0.717) is 0 Å². The van der Waals surface area contributed by atoms with E-state index in [-0.39, 0.29) is 0 Å². The normalized spacial score (nSPS) is 12.2. The first kappa shape index (κ1) is 14.5. The molecular weight excluding hydrogens is 354 g/mol. The van der Waals surface area contributed by atoms with Crippen molar-refractivity contribution in [1.29, 1.82) is 0 Å². The van der Waals surface area contributed by atoms with Gasteiger partial charge >= 0.3 is 0 Å². The highest BCUT2D eigenvalue weighted by atomic mass is 32.1. The average molecular weight is 370 g/mol. The Morgan fingerprint density at radius 1 is 0.615 bits per heavy atom. The van der Waals surface area contributed by atoms with E-state index in [4.69, 9.17) is 5.73 Å². The summed E-state index contributed by atoms with van der Waals surface area (Å²) in [5, 5.41) is 7.87. The quantitative estimate of drug-likeness (QED) is 0.276. The molecule has 124 valence electrons. The van der Waals surface area contributed by atoms with Crippen molar-refractivity contribution in [3.05, 3.63) is 66.2 Å². The highest BCUT2D eigenvalue weighted by Crippen LogP contribution is 2.46. The Morgan fingerprint density at radius 3 is 1.85 bits per heavy atom. The van der Waals surface area contributed by atoms with Gasteiger partial charge in [-0.2, -0.15) is 0 Å². The van der Waals surface area contributed by atoms with Gasteiger partial charge in [-0.1, -0.05) is 29.8 Å². The molecule has 0 saturated carbocycles. The maximum Gasteiger partial charge on any atom is 0.0542 e. The zero-order valence-corrected chi connectivity index (χ0v) is 15.8. The van der Waals surface area contributed by atoms with Crippen LogP contribution in [0.5, 0.6) is 0 Å². The first-order valence-corrected chi connectivity index (χ1v) is 10.3. The predicted molar refractivity (Wildman–Crippen MR) is 119 cm³/mol. The fraction of sp³-hybridized carbons (Fsp3) is 0.0435. The van der Waals surface area contributed by atoms with Crippen molar-refractivity contribution in [2.45, 2.75) is 6.92 Å². The molecule has 4 aromatic carbocycles. The molecule has 0 aliphatic carbocycles. The van der Waals surface area contributed by atoms with Crippen LogP contribution in [-0.2, 0) is 0 Å². The van der Waals surface area contributed by atoms with Crippen LogP contribution in [0.4, 0.5) is 5.69 Å². The van der Waals surface area contributed by atoms with Crippen LogP contribution in [0.3, 0.4) is 0 Å². The van der Waals surface area contributed by atoms with Gasteiger partial charge in [-0.05, 0) is 64.9 Å². The lowest BCUT2D eigenvalue weighted by atomic mass is 10.1. The number of aryl methyl sites for hydroxylation is 1. The molecule has 0 saturated heterocycles. The van der Waals surface area contributed by atoms with Gasteiger partial charge in [0.25, 0.3) is 0 Å². The summed E-state index contributed by atoms with van der Waals surface area (Å²) in [5.74, 6) is 0. The van der Waals surface area contributed by atoms with E-state index >= 15 is 0 Å². The molecule has 26 heavy (non-hydrogen) atoms. The number of hydrogen-bond donors (Lipinski definition) is 1. The maximum atomic E-state index is 5.97. The highest BCUT2D eigenvalue weighted by Gasteiger charge is 2.13. The molecule has 0 fully saturated rings. The summed E-state index contributed by atoms with van der Waals surface area (Å²) in [4.78, 5) is 0. The van der Waals surface area contributed by atoms with Crippen LogP contribution in [0, 0.1) is 6.92 Å². The monoisotopic (exact) mass is 369 g/mol. The Balaban J connectivity index is 1.75. The highest BCUT2D eigenvalue weighted by molar-refractivity contribution is 7.36. The van der Waals surface area contributed by atoms with Crippen LogP contribution >= 0.6 is 22.7 Å². The minimum atomic E-state index is 0.822. The molecule has 1 nitrogen and oxygen atoms in total. The SMILES string of the molecule is Cc1ccc2cc3c(cc2c1)sc1c2cc4ccc(N)cc4cc2sc31. The van der Waals surface area contributed by atoms with Crippen molar-refractivity contribution in [2.75, 3.05) is 5.73 Å². The van der Waals surface area contributed by atoms with Gasteiger partial charge in [0, 0.05) is 25.9 Å². The van der Waals surface area contributed by atoms with Crippen LogP contribution in [0.2, 0.25) is 0 Å². The fourth-order valence-electron chi connectivity index (χ4n) is 3.88. The number of nitrogens with two attached hydrogens (primary N) is 1. The lowest BCUT2D eigenvalue weighted by Gasteiger charge is -2.01. The van der Waals surface area contributed by atoms with E-state index in [1.807, 2.05) is 28.7 Å². The minimum Gasteiger partial charge on any atom is -0.399 e. The summed E-state index contributed by atoms with van der Waals surface area (Å²) in [6, 6.07) is 22.2. The van der Waals surface area contributed by atoms with Crippen LogP contribution < -0.4 is 5.73 Å². The van der Waals surface area contributed by atoms with Crippen LogP contribution in [-0.4, -0.2) is 0 Å². The van der Waals surface area contributed by atoms with Gasteiger partial charge < -0.3 is 5.73 Å². The second kappa shape index (κ2) is 4.97. The summed E-state index contributed by atoms with van der Waals surface area (Å²) in [6.07, 6.45) is 0. The standard InChI is InChI=1S/C23H15NS2/c1-12-2-3-13-8-18-20(10-15(13)6-12)25-23-19-9-14-4-5-17(24)7-16(14)11-21(19)26-22(18)23/h2-11H,24H2,1H3. The van der Waals surface area contributed by atoms with E-state index in [9.17, 15) is 0 Å². The molecule has 0 aliphatic heterocycles. The zero-order chi connectivity index (χ0) is 17.4. The van der Waals surface area contributed by atoms with Crippen molar-refractivity contribution >= 4 is 79.5 Å². The van der Waals surface area contributed by atoms with Gasteiger partial charge in [-0.25, -0.2) is 0 Å². The second-order valence-corrected chi connectivity index (χ2v) is 9.12. The summed E-state index contributed by atoms with van der Waals surface area (Å²) in [5.41, 5.74) is 8.10. The Bertz CT molecular complexity index is 1390. The van der Waals surface area contributed by atoms with Crippen molar-refractivity contribution in [3.8, 4) is 0 Å². The zero-order valence-electron chi connectivity index (χ0n) is 14.2. The maximum absolute atomic E-state index is 5.97. The Hall–Kier alpha value is -2.62. The molecule has 0 bridgehead atoms. The number of fused-ring (bicyclic) bond motifs is 7. The number of rotatable bonds is 0. The molecule has 0 unspecified atom stereocenters. The third-order valence-corrected chi connectivity index (χ3v) is 7.68. The molecule has 0 aliphatic rings. The lowest BCUT2D eigenvalue weighted by molar-refractivity contribution is 1.51. The molecule has 6 rings (SSSR count). The van der Waals surface area contributed by atoms with E-state index < -0.39 is 0 Å². The number of hydrogen-bond acceptors (Lipinski definition) is 3. The fourth-order valence-corrected chi connectivity index (χ4v) is 6.58. The summed E-state index contributed by atoms with van der Waals surface area (Å²) >= 11 is 3.82. The number of nitrogen functional groups attached to an aromatic ring is 1. The van der Waals surface area contributed by atoms with Gasteiger partial charge in [0.2, 0.25) is 0 Å². The molecule has 0 radical (unpaired) electrons. The molecule has 0 atom stereocenters. The first-order valence-electron chi connectivity index (χ1n) is 8.64. The number of thiophene rings is 2. The molecule has 2 aromatic heterocycles. The molecule has 0 spiro atoms. The number of anilines is 1. The molecule has 3 heteroatoms. The first-order chi connectivity index (χ1) is 12.7. The van der Waals surface area contributed by atoms with Gasteiger partial charge in [-0.15, -0.1) is 22.7 Å². The van der Waals surface area contributed by atoms with Gasteiger partial charge in [-0.3, -0.25) is 0 Å². The topological polar surface area (TPSA) is 26.0 Å². The summed E-state index contributed by atoms with van der Waals surface area (Å²) in [7, 11) is 0. The van der Waals surface area contributed by atoms with Crippen molar-refractivity contribution in [3.63, 3.8) is 0 Å². The third-order valence-electron chi connectivity index (χ3n) is 5.18. The molecule has 6 aromatic rings. The van der Waals surface area contributed by atoms with Crippen LogP contribution in [0.25, 0.3) is 51.1 Å². The summed E-state index contributed by atoms with van der Waals surface area (Å²) < 4.78 is 5.54. The Kier molecular flexibility index (Phi) is 2.78. The van der Waals surface area contributed by atoms with E-state index in [2.05, 4.69) is 61.5 Å². The van der Waals surface area contributed by atoms with Crippen LogP contribution in [0.1, 0.15) is 5.56 Å². The van der Waals surface area contributed by atoms with Crippen LogP contribution in [0.15, 0.2) is 60.7 Å². The third kappa shape index (κ3) is 1.96. The van der Waals surface area contributed by atoms with Gasteiger partial charge in [0.05, 0.1) is 9.40 Å². The van der Waals surface area contributed by atoms with Crippen molar-refractivity contribution in [2.24, 2.45) is 0 Å². The molecule has 0 amide bonds. The smallest absolute Gasteiger partial charge is 0.0542 e. The molecule has 2 heterocycles. The Morgan fingerprint density at radius 2 is 1.19 bits per heavy atom. The van der Waals surface area contributed by atoms with E-state index in [0.717, 1.165) is 5.69 Å². The Labute approximate surface area is 158 Å². The van der Waals surface area contributed by atoms with Gasteiger partial charge in [0.1, 0.15) is 0 Å². The molecular formula is C23H15NS2. The van der Waals surface area contributed by atoms with Crippen molar-refractivity contribution in [1.82, 2.24) is 0 Å². The minimum absolute atomic E-state index is 0.822. The second-order valence-electron chi connectivity index (χ2n) is 7.02. The lowest BCUT2D eigenvalue weighted by Crippen LogP contribution is -1.83. The number of benzene rings is 4. The van der Waals surface area contributed by atoms with Gasteiger partial charge in [0.15, 0.2) is 0 Å². The van der Waals surface area contributed by atoms with E-state index in [1.165, 1.54) is 56.7 Å².